The van der Waals surface area contributed by atoms with Crippen LogP contribution in [0, 0.1) is 18.7 Å². The predicted octanol–water partition coefficient (Wildman–Crippen LogP) is 3.82. The first-order valence-corrected chi connectivity index (χ1v) is 11.9. The number of benzene rings is 1. The number of aliphatic hydroxyl groups excluding tert-OH is 1. The fourth-order valence-corrected chi connectivity index (χ4v) is 4.38. The summed E-state index contributed by atoms with van der Waals surface area (Å²) >= 11 is 0. The van der Waals surface area contributed by atoms with Gasteiger partial charge in [-0.3, -0.25) is 14.3 Å². The number of hydrogen-bond donors (Lipinski definition) is 2. The number of aromatic nitrogens is 4. The number of amides is 1. The lowest BCUT2D eigenvalue weighted by Crippen LogP contribution is -2.36. The van der Waals surface area contributed by atoms with Gasteiger partial charge in [0.25, 0.3) is 11.5 Å². The SMILES string of the molecule is Cc1ccc(F)c(Oc2cnn(C(CC3CCCC3)C(=O)Nc3ccn(CCCO)n3)c(=O)c2)c1. The molecule has 4 rings (SSSR count). The average Bonchev–Trinajstić information content (AvgIpc) is 3.51. The number of nitrogens with zero attached hydrogens (tertiary/aromatic N) is 4. The number of nitrogens with one attached hydrogen (secondary N) is 1. The van der Waals surface area contributed by atoms with Crippen molar-refractivity contribution < 1.29 is 19.0 Å². The Hall–Kier alpha value is -3.53. The van der Waals surface area contributed by atoms with Crippen LogP contribution in [-0.4, -0.2) is 37.2 Å². The van der Waals surface area contributed by atoms with Crippen LogP contribution in [0.5, 0.6) is 11.5 Å². The second-order valence-electron chi connectivity index (χ2n) is 8.94. The first kappa shape index (κ1) is 24.6. The molecule has 2 heterocycles. The molecular weight excluding hydrogens is 453 g/mol. The number of hydrogen-bond acceptors (Lipinski definition) is 6. The van der Waals surface area contributed by atoms with Crippen LogP contribution in [0.4, 0.5) is 10.2 Å². The maximum atomic E-state index is 14.1. The van der Waals surface area contributed by atoms with Gasteiger partial charge in [-0.2, -0.15) is 10.2 Å². The predicted molar refractivity (Wildman–Crippen MR) is 128 cm³/mol. The van der Waals surface area contributed by atoms with Crippen LogP contribution in [0.1, 0.15) is 50.1 Å². The third kappa shape index (κ3) is 6.33. The number of rotatable bonds is 10. The van der Waals surface area contributed by atoms with E-state index in [1.165, 1.54) is 24.4 Å². The third-order valence-electron chi connectivity index (χ3n) is 6.18. The van der Waals surface area contributed by atoms with E-state index >= 15 is 0 Å². The lowest BCUT2D eigenvalue weighted by molar-refractivity contribution is -0.120. The first-order chi connectivity index (χ1) is 16.9. The van der Waals surface area contributed by atoms with Crippen LogP contribution in [0.15, 0.2) is 47.5 Å². The van der Waals surface area contributed by atoms with Crippen molar-refractivity contribution in [3.63, 3.8) is 0 Å². The summed E-state index contributed by atoms with van der Waals surface area (Å²) in [4.78, 5) is 26.2. The van der Waals surface area contributed by atoms with Crippen LogP contribution in [0.2, 0.25) is 0 Å². The summed E-state index contributed by atoms with van der Waals surface area (Å²) in [6.45, 7) is 2.39. The minimum Gasteiger partial charge on any atom is -0.452 e. The third-order valence-corrected chi connectivity index (χ3v) is 6.18. The molecule has 2 aromatic heterocycles. The molecule has 2 N–H and O–H groups in total. The quantitative estimate of drug-likeness (QED) is 0.454. The van der Waals surface area contributed by atoms with Gasteiger partial charge in [-0.15, -0.1) is 0 Å². The molecule has 186 valence electrons. The second-order valence-corrected chi connectivity index (χ2v) is 8.94. The van der Waals surface area contributed by atoms with Crippen LogP contribution in [-0.2, 0) is 11.3 Å². The molecule has 0 saturated heterocycles. The maximum Gasteiger partial charge on any atom is 0.271 e. The van der Waals surface area contributed by atoms with E-state index in [9.17, 15) is 14.0 Å². The van der Waals surface area contributed by atoms with Crippen molar-refractivity contribution >= 4 is 11.7 Å². The number of aryl methyl sites for hydroxylation is 2. The van der Waals surface area contributed by atoms with E-state index in [1.807, 2.05) is 6.92 Å². The monoisotopic (exact) mass is 483 g/mol. The van der Waals surface area contributed by atoms with Crippen molar-refractivity contribution in [3.05, 3.63) is 64.5 Å². The van der Waals surface area contributed by atoms with Crippen LogP contribution < -0.4 is 15.6 Å². The van der Waals surface area contributed by atoms with E-state index in [2.05, 4.69) is 15.5 Å². The number of carbonyl (C=O) groups excluding carboxylic acids is 1. The molecule has 0 radical (unpaired) electrons. The molecule has 1 aliphatic carbocycles. The summed E-state index contributed by atoms with van der Waals surface area (Å²) in [6, 6.07) is 6.53. The number of aliphatic hydroxyl groups is 1. The molecular formula is C25H30FN5O4. The van der Waals surface area contributed by atoms with E-state index < -0.39 is 17.4 Å². The van der Waals surface area contributed by atoms with E-state index in [4.69, 9.17) is 9.84 Å². The molecule has 1 unspecified atom stereocenters. The standard InChI is InChI=1S/C25H30FN5O4/c1-17-7-8-20(26)22(13-17)35-19-15-24(33)31(27-16-19)21(14-18-5-2-3-6-18)25(34)28-23-9-11-30(29-23)10-4-12-32/h7-9,11,13,15-16,18,21,32H,2-6,10,12,14H2,1H3,(H,28,29,34). The largest absolute Gasteiger partial charge is 0.452 e. The molecule has 1 aromatic carbocycles. The zero-order valence-corrected chi connectivity index (χ0v) is 19.7. The number of carbonyl (C=O) groups is 1. The Morgan fingerprint density at radius 3 is 2.83 bits per heavy atom. The highest BCUT2D eigenvalue weighted by Crippen LogP contribution is 2.32. The average molecular weight is 484 g/mol. The molecule has 0 spiro atoms. The molecule has 1 aliphatic rings. The maximum absolute atomic E-state index is 14.1. The molecule has 0 bridgehead atoms. The summed E-state index contributed by atoms with van der Waals surface area (Å²) in [5, 5.41) is 20.3. The summed E-state index contributed by atoms with van der Waals surface area (Å²) in [5.74, 6) is -0.139. The van der Waals surface area contributed by atoms with Gasteiger partial charge in [0.15, 0.2) is 23.1 Å². The highest BCUT2D eigenvalue weighted by molar-refractivity contribution is 5.92. The number of ether oxygens (including phenoxy) is 1. The Morgan fingerprint density at radius 1 is 1.29 bits per heavy atom. The second kappa shape index (κ2) is 11.3. The van der Waals surface area contributed by atoms with Gasteiger partial charge < -0.3 is 15.2 Å². The summed E-state index contributed by atoms with van der Waals surface area (Å²) in [6.07, 6.45) is 8.29. The summed E-state index contributed by atoms with van der Waals surface area (Å²) < 4.78 is 22.4. The van der Waals surface area contributed by atoms with Gasteiger partial charge in [0.1, 0.15) is 6.04 Å². The molecule has 1 saturated carbocycles. The summed E-state index contributed by atoms with van der Waals surface area (Å²) in [5.41, 5.74) is 0.303. The topological polar surface area (TPSA) is 111 Å². The van der Waals surface area contributed by atoms with Gasteiger partial charge in [-0.1, -0.05) is 31.7 Å². The van der Waals surface area contributed by atoms with E-state index in [1.54, 1.807) is 23.0 Å². The zero-order valence-electron chi connectivity index (χ0n) is 19.7. The first-order valence-electron chi connectivity index (χ1n) is 11.9. The zero-order chi connectivity index (χ0) is 24.8. The smallest absolute Gasteiger partial charge is 0.271 e. The van der Waals surface area contributed by atoms with Crippen molar-refractivity contribution in [2.75, 3.05) is 11.9 Å². The Labute approximate surface area is 202 Å². The van der Waals surface area contributed by atoms with Gasteiger partial charge in [-0.25, -0.2) is 9.07 Å². The van der Waals surface area contributed by atoms with Crippen molar-refractivity contribution in [1.29, 1.82) is 0 Å². The molecule has 9 nitrogen and oxygen atoms in total. The van der Waals surface area contributed by atoms with E-state index in [0.29, 0.717) is 31.1 Å². The van der Waals surface area contributed by atoms with Crippen LogP contribution in [0.25, 0.3) is 0 Å². The molecule has 10 heteroatoms. The highest BCUT2D eigenvalue weighted by atomic mass is 19.1. The molecule has 0 aliphatic heterocycles. The van der Waals surface area contributed by atoms with Crippen LogP contribution >= 0.6 is 0 Å². The van der Waals surface area contributed by atoms with Crippen molar-refractivity contribution in [2.45, 2.75) is 58.0 Å². The van der Waals surface area contributed by atoms with Gasteiger partial charge in [-0.05, 0) is 43.4 Å². The number of halogens is 1. The molecule has 35 heavy (non-hydrogen) atoms. The van der Waals surface area contributed by atoms with Crippen molar-refractivity contribution in [3.8, 4) is 11.5 Å². The number of anilines is 1. The van der Waals surface area contributed by atoms with E-state index in [-0.39, 0.29) is 24.0 Å². The Morgan fingerprint density at radius 2 is 2.09 bits per heavy atom. The van der Waals surface area contributed by atoms with Crippen LogP contribution in [0.3, 0.4) is 0 Å². The van der Waals surface area contributed by atoms with Gasteiger partial charge in [0, 0.05) is 31.5 Å². The Kier molecular flexibility index (Phi) is 7.91. The molecule has 1 fully saturated rings. The minimum absolute atomic E-state index is 0.000910. The Bertz CT molecular complexity index is 1220. The molecule has 3 aromatic rings. The minimum atomic E-state index is -0.821. The highest BCUT2D eigenvalue weighted by Gasteiger charge is 2.29. The fourth-order valence-electron chi connectivity index (χ4n) is 4.38. The van der Waals surface area contributed by atoms with Gasteiger partial charge in [0.2, 0.25) is 0 Å². The summed E-state index contributed by atoms with van der Waals surface area (Å²) in [7, 11) is 0. The lowest BCUT2D eigenvalue weighted by Gasteiger charge is -2.21. The van der Waals surface area contributed by atoms with Gasteiger partial charge >= 0.3 is 0 Å². The fraction of sp³-hybridized carbons (Fsp3) is 0.440. The molecule has 1 atom stereocenters. The molecule has 1 amide bonds. The van der Waals surface area contributed by atoms with E-state index in [0.717, 1.165) is 35.9 Å². The van der Waals surface area contributed by atoms with Crippen molar-refractivity contribution in [2.24, 2.45) is 5.92 Å². The normalized spacial score (nSPS) is 14.7. The lowest BCUT2D eigenvalue weighted by atomic mass is 9.98. The van der Waals surface area contributed by atoms with Gasteiger partial charge in [0.05, 0.1) is 6.20 Å². The Balaban J connectivity index is 1.54. The van der Waals surface area contributed by atoms with Crippen molar-refractivity contribution in [1.82, 2.24) is 19.6 Å².